The van der Waals surface area contributed by atoms with Crippen molar-refractivity contribution in [3.8, 4) is 17.2 Å². The molecule has 6 heteroatoms. The highest BCUT2D eigenvalue weighted by molar-refractivity contribution is 6.20. The molecule has 3 aromatic rings. The summed E-state index contributed by atoms with van der Waals surface area (Å²) in [6.07, 6.45) is 3.09. The van der Waals surface area contributed by atoms with Gasteiger partial charge in [0.1, 0.15) is 11.3 Å². The standard InChI is InChI=1S/C25H26O6/c1-7-25(2,3)18(19(26)15-11-9-8-10-12-15)20(27)17-21(28-4)16-13-14-31-22(16)24(30-6)23(17)29-5/h7-14,18H,1H2,2-6H3/t18-/m0/s1. The van der Waals surface area contributed by atoms with Crippen LogP contribution in [0.5, 0.6) is 17.2 Å². The van der Waals surface area contributed by atoms with Gasteiger partial charge < -0.3 is 18.6 Å². The second-order valence-corrected chi connectivity index (χ2v) is 7.69. The van der Waals surface area contributed by atoms with Crippen molar-refractivity contribution in [3.63, 3.8) is 0 Å². The average molecular weight is 422 g/mol. The minimum absolute atomic E-state index is 0.125. The number of benzene rings is 2. The molecular weight excluding hydrogens is 396 g/mol. The lowest BCUT2D eigenvalue weighted by Crippen LogP contribution is -2.37. The quantitative estimate of drug-likeness (QED) is 0.263. The second-order valence-electron chi connectivity index (χ2n) is 7.69. The highest BCUT2D eigenvalue weighted by Gasteiger charge is 2.43. The maximum atomic E-state index is 14.0. The van der Waals surface area contributed by atoms with E-state index in [0.29, 0.717) is 16.5 Å². The Labute approximate surface area is 181 Å². The molecule has 2 aromatic carbocycles. The van der Waals surface area contributed by atoms with Gasteiger partial charge in [0.05, 0.1) is 38.9 Å². The third-order valence-corrected chi connectivity index (χ3v) is 5.49. The van der Waals surface area contributed by atoms with Crippen molar-refractivity contribution in [2.45, 2.75) is 13.8 Å². The molecule has 1 aromatic heterocycles. The molecule has 0 radical (unpaired) electrons. The van der Waals surface area contributed by atoms with E-state index >= 15 is 0 Å². The lowest BCUT2D eigenvalue weighted by Gasteiger charge is -2.30. The number of carbonyl (C=O) groups is 2. The van der Waals surface area contributed by atoms with Gasteiger partial charge in [-0.3, -0.25) is 9.59 Å². The lowest BCUT2D eigenvalue weighted by molar-refractivity contribution is 0.0716. The van der Waals surface area contributed by atoms with Gasteiger partial charge in [-0.2, -0.15) is 0 Å². The van der Waals surface area contributed by atoms with Gasteiger partial charge in [0, 0.05) is 5.56 Å². The lowest BCUT2D eigenvalue weighted by atomic mass is 9.71. The Bertz CT molecular complexity index is 1120. The minimum Gasteiger partial charge on any atom is -0.495 e. The third-order valence-electron chi connectivity index (χ3n) is 5.49. The van der Waals surface area contributed by atoms with Crippen LogP contribution in [0.15, 0.2) is 59.7 Å². The molecular formula is C25H26O6. The number of rotatable bonds is 9. The fourth-order valence-electron chi connectivity index (χ4n) is 3.76. The molecule has 1 atom stereocenters. The van der Waals surface area contributed by atoms with Crippen LogP contribution in [0, 0.1) is 11.3 Å². The third kappa shape index (κ3) is 3.69. The van der Waals surface area contributed by atoms with Gasteiger partial charge in [-0.15, -0.1) is 6.58 Å². The van der Waals surface area contributed by atoms with Crippen molar-refractivity contribution in [1.82, 2.24) is 0 Å². The number of hydrogen-bond acceptors (Lipinski definition) is 6. The van der Waals surface area contributed by atoms with E-state index < -0.39 is 17.1 Å². The molecule has 0 spiro atoms. The van der Waals surface area contributed by atoms with Crippen LogP contribution in [0.4, 0.5) is 0 Å². The largest absolute Gasteiger partial charge is 0.495 e. The van der Waals surface area contributed by atoms with Gasteiger partial charge in [0.15, 0.2) is 22.9 Å². The van der Waals surface area contributed by atoms with E-state index in [1.54, 1.807) is 50.3 Å². The summed E-state index contributed by atoms with van der Waals surface area (Å²) < 4.78 is 22.2. The molecule has 0 fully saturated rings. The van der Waals surface area contributed by atoms with Crippen LogP contribution in [0.1, 0.15) is 34.6 Å². The summed E-state index contributed by atoms with van der Waals surface area (Å²) in [6, 6.07) is 10.4. The van der Waals surface area contributed by atoms with Gasteiger partial charge in [-0.05, 0) is 11.5 Å². The topological polar surface area (TPSA) is 75.0 Å². The molecule has 0 unspecified atom stereocenters. The number of ketones is 2. The highest BCUT2D eigenvalue weighted by atomic mass is 16.5. The normalized spacial score (nSPS) is 12.3. The van der Waals surface area contributed by atoms with E-state index in [0.717, 1.165) is 0 Å². The van der Waals surface area contributed by atoms with Crippen molar-refractivity contribution in [2.75, 3.05) is 21.3 Å². The molecule has 0 saturated heterocycles. The number of methoxy groups -OCH3 is 3. The Balaban J connectivity index is 2.32. The van der Waals surface area contributed by atoms with Crippen molar-refractivity contribution in [2.24, 2.45) is 11.3 Å². The van der Waals surface area contributed by atoms with Gasteiger partial charge in [-0.25, -0.2) is 0 Å². The number of allylic oxidation sites excluding steroid dienone is 1. The van der Waals surface area contributed by atoms with Gasteiger partial charge in [0.25, 0.3) is 0 Å². The number of carbonyl (C=O) groups excluding carboxylic acids is 2. The van der Waals surface area contributed by atoms with Crippen LogP contribution in [0.25, 0.3) is 11.0 Å². The van der Waals surface area contributed by atoms with Crippen LogP contribution in [-0.4, -0.2) is 32.9 Å². The average Bonchev–Trinajstić information content (AvgIpc) is 3.27. The molecule has 0 saturated carbocycles. The minimum atomic E-state index is -1.07. The summed E-state index contributed by atoms with van der Waals surface area (Å²) in [5, 5.41) is 0.547. The number of hydrogen-bond donors (Lipinski definition) is 0. The van der Waals surface area contributed by atoms with Crippen LogP contribution < -0.4 is 14.2 Å². The summed E-state index contributed by atoms with van der Waals surface area (Å²) in [7, 11) is 4.34. The summed E-state index contributed by atoms with van der Waals surface area (Å²) in [5.74, 6) is -1.16. The molecule has 0 aliphatic rings. The first-order chi connectivity index (χ1) is 14.8. The Morgan fingerprint density at radius 1 is 0.935 bits per heavy atom. The van der Waals surface area contributed by atoms with Gasteiger partial charge in [0.2, 0.25) is 5.75 Å². The van der Waals surface area contributed by atoms with E-state index in [2.05, 4.69) is 6.58 Å². The summed E-state index contributed by atoms with van der Waals surface area (Å²) in [6.45, 7) is 7.46. The zero-order valence-electron chi connectivity index (χ0n) is 18.4. The van der Waals surface area contributed by atoms with Crippen LogP contribution in [-0.2, 0) is 0 Å². The van der Waals surface area contributed by atoms with E-state index in [4.69, 9.17) is 18.6 Å². The fourth-order valence-corrected chi connectivity index (χ4v) is 3.76. The Morgan fingerprint density at radius 3 is 2.10 bits per heavy atom. The Hall–Kier alpha value is -3.54. The zero-order valence-corrected chi connectivity index (χ0v) is 18.4. The Morgan fingerprint density at radius 2 is 1.55 bits per heavy atom. The monoisotopic (exact) mass is 422 g/mol. The number of fused-ring (bicyclic) bond motifs is 1. The number of ether oxygens (including phenoxy) is 3. The zero-order chi connectivity index (χ0) is 22.8. The molecule has 162 valence electrons. The van der Waals surface area contributed by atoms with E-state index in [9.17, 15) is 9.59 Å². The molecule has 0 aliphatic heterocycles. The van der Waals surface area contributed by atoms with E-state index in [-0.39, 0.29) is 28.6 Å². The van der Waals surface area contributed by atoms with Crippen molar-refractivity contribution >= 4 is 22.5 Å². The van der Waals surface area contributed by atoms with Crippen molar-refractivity contribution in [3.05, 3.63) is 66.4 Å². The van der Waals surface area contributed by atoms with Crippen molar-refractivity contribution < 1.29 is 28.2 Å². The van der Waals surface area contributed by atoms with Gasteiger partial charge >= 0.3 is 0 Å². The summed E-state index contributed by atoms with van der Waals surface area (Å²) >= 11 is 0. The van der Waals surface area contributed by atoms with Crippen LogP contribution >= 0.6 is 0 Å². The van der Waals surface area contributed by atoms with Crippen LogP contribution in [0.2, 0.25) is 0 Å². The molecule has 0 N–H and O–H groups in total. The maximum Gasteiger partial charge on any atom is 0.205 e. The molecule has 3 rings (SSSR count). The SMILES string of the molecule is C=CC(C)(C)[C@@H](C(=O)c1ccccc1)C(=O)c1c(OC)c(OC)c2occc2c1OC. The number of Topliss-reactive ketones (excluding diaryl/α,β-unsaturated/α-hetero) is 2. The number of furan rings is 1. The smallest absolute Gasteiger partial charge is 0.205 e. The molecule has 0 aliphatic carbocycles. The van der Waals surface area contributed by atoms with Crippen LogP contribution in [0.3, 0.4) is 0 Å². The van der Waals surface area contributed by atoms with E-state index in [1.807, 2.05) is 6.07 Å². The Kier molecular flexibility index (Phi) is 6.20. The first-order valence-corrected chi connectivity index (χ1v) is 9.78. The molecule has 0 amide bonds. The van der Waals surface area contributed by atoms with Crippen molar-refractivity contribution in [1.29, 1.82) is 0 Å². The second kappa shape index (κ2) is 8.68. The molecule has 6 nitrogen and oxygen atoms in total. The fraction of sp³-hybridized carbons (Fsp3) is 0.280. The predicted octanol–water partition coefficient (Wildman–Crippen LogP) is 5.35. The molecule has 31 heavy (non-hydrogen) atoms. The summed E-state index contributed by atoms with van der Waals surface area (Å²) in [4.78, 5) is 27.6. The first-order valence-electron chi connectivity index (χ1n) is 9.78. The predicted molar refractivity (Wildman–Crippen MR) is 118 cm³/mol. The first kappa shape index (κ1) is 22.2. The van der Waals surface area contributed by atoms with E-state index in [1.165, 1.54) is 27.6 Å². The molecule has 0 bridgehead atoms. The summed E-state index contributed by atoms with van der Waals surface area (Å²) in [5.41, 5.74) is 0.102. The van der Waals surface area contributed by atoms with Gasteiger partial charge in [-0.1, -0.05) is 50.3 Å². The molecule has 1 heterocycles. The highest BCUT2D eigenvalue weighted by Crippen LogP contribution is 2.48. The maximum absolute atomic E-state index is 14.0.